The standard InChI is InChI=1S/C19H18ClFN4O3/c1-11-5-22-6-15(23-11)17(27)25-19-8-18(9-19,10-19)24-16(26)7-28-12-2-3-13(20)14(21)4-12/h2-6H,7-10H2,1H3,(H,24,26)(H,25,27). The van der Waals surface area contributed by atoms with Crippen LogP contribution in [0, 0.1) is 12.7 Å². The van der Waals surface area contributed by atoms with Crippen molar-refractivity contribution in [2.24, 2.45) is 0 Å². The van der Waals surface area contributed by atoms with Crippen LogP contribution in [0.1, 0.15) is 35.4 Å². The first-order valence-corrected chi connectivity index (χ1v) is 9.16. The molecule has 2 aromatic rings. The molecule has 0 spiro atoms. The number of hydrogen-bond donors (Lipinski definition) is 2. The number of halogens is 2. The average molecular weight is 405 g/mol. The van der Waals surface area contributed by atoms with E-state index in [1.807, 2.05) is 0 Å². The van der Waals surface area contributed by atoms with Crippen LogP contribution in [-0.4, -0.2) is 39.5 Å². The lowest BCUT2D eigenvalue weighted by molar-refractivity contribution is -0.141. The van der Waals surface area contributed by atoms with Crippen molar-refractivity contribution in [2.75, 3.05) is 6.61 Å². The molecule has 2 N–H and O–H groups in total. The summed E-state index contributed by atoms with van der Waals surface area (Å²) >= 11 is 5.61. The van der Waals surface area contributed by atoms with E-state index in [0.717, 1.165) is 6.07 Å². The van der Waals surface area contributed by atoms with Crippen LogP contribution >= 0.6 is 11.6 Å². The second kappa shape index (κ2) is 6.70. The van der Waals surface area contributed by atoms with Crippen LogP contribution in [0.25, 0.3) is 0 Å². The van der Waals surface area contributed by atoms with Crippen LogP contribution < -0.4 is 15.4 Å². The Kier molecular flexibility index (Phi) is 4.45. The van der Waals surface area contributed by atoms with E-state index in [0.29, 0.717) is 25.0 Å². The van der Waals surface area contributed by atoms with Gasteiger partial charge in [-0.05, 0) is 38.3 Å². The van der Waals surface area contributed by atoms with E-state index in [1.54, 1.807) is 13.1 Å². The molecule has 9 heteroatoms. The van der Waals surface area contributed by atoms with E-state index in [1.165, 1.54) is 18.3 Å². The summed E-state index contributed by atoms with van der Waals surface area (Å²) in [6.45, 7) is 1.55. The van der Waals surface area contributed by atoms with Crippen molar-refractivity contribution in [3.8, 4) is 5.75 Å². The smallest absolute Gasteiger partial charge is 0.271 e. The van der Waals surface area contributed by atoms with Crippen molar-refractivity contribution in [1.29, 1.82) is 0 Å². The van der Waals surface area contributed by atoms with Crippen molar-refractivity contribution in [2.45, 2.75) is 37.3 Å². The third-order valence-electron chi connectivity index (χ3n) is 5.06. The summed E-state index contributed by atoms with van der Waals surface area (Å²) in [7, 11) is 0. The molecule has 1 heterocycles. The van der Waals surface area contributed by atoms with Gasteiger partial charge in [0.2, 0.25) is 0 Å². The fourth-order valence-corrected chi connectivity index (χ4v) is 4.10. The molecule has 0 atom stereocenters. The minimum atomic E-state index is -0.602. The van der Waals surface area contributed by atoms with Gasteiger partial charge in [-0.25, -0.2) is 9.37 Å². The number of amides is 2. The Labute approximate surface area is 165 Å². The zero-order valence-electron chi connectivity index (χ0n) is 15.1. The summed E-state index contributed by atoms with van der Waals surface area (Å²) in [5.41, 5.74) is 0.355. The molecule has 1 aromatic heterocycles. The molecule has 0 radical (unpaired) electrons. The maximum atomic E-state index is 13.4. The Bertz CT molecular complexity index is 948. The second-order valence-corrected chi connectivity index (χ2v) is 7.91. The maximum Gasteiger partial charge on any atom is 0.271 e. The van der Waals surface area contributed by atoms with E-state index >= 15 is 0 Å². The highest BCUT2D eigenvalue weighted by Crippen LogP contribution is 2.60. The van der Waals surface area contributed by atoms with Crippen molar-refractivity contribution >= 4 is 23.4 Å². The number of ether oxygens (including phenoxy) is 1. The summed E-state index contributed by atoms with van der Waals surface area (Å²) in [6, 6.07) is 4.00. The minimum absolute atomic E-state index is 0.00495. The fraction of sp³-hybridized carbons (Fsp3) is 0.368. The summed E-state index contributed by atoms with van der Waals surface area (Å²) in [5.74, 6) is -0.920. The first-order valence-electron chi connectivity index (χ1n) is 8.78. The Morgan fingerprint density at radius 2 is 1.93 bits per heavy atom. The third kappa shape index (κ3) is 3.52. The van der Waals surface area contributed by atoms with Crippen LogP contribution in [0.2, 0.25) is 5.02 Å². The molecule has 3 aliphatic rings. The molecule has 0 unspecified atom stereocenters. The van der Waals surface area contributed by atoms with Crippen LogP contribution in [-0.2, 0) is 4.79 Å². The number of benzene rings is 1. The van der Waals surface area contributed by atoms with Crippen molar-refractivity contribution < 1.29 is 18.7 Å². The maximum absolute atomic E-state index is 13.4. The Hall–Kier alpha value is -2.74. The molecule has 7 nitrogen and oxygen atoms in total. The van der Waals surface area contributed by atoms with Gasteiger partial charge in [0.1, 0.15) is 17.3 Å². The monoisotopic (exact) mass is 404 g/mol. The van der Waals surface area contributed by atoms with Gasteiger partial charge in [-0.2, -0.15) is 0 Å². The van der Waals surface area contributed by atoms with Gasteiger partial charge < -0.3 is 15.4 Å². The van der Waals surface area contributed by atoms with Crippen molar-refractivity contribution in [3.05, 3.63) is 52.8 Å². The summed E-state index contributed by atoms with van der Waals surface area (Å²) in [5, 5.41) is 5.93. The molecule has 2 bridgehead atoms. The first kappa shape index (κ1) is 18.6. The summed E-state index contributed by atoms with van der Waals surface area (Å²) in [6.07, 6.45) is 5.00. The van der Waals surface area contributed by atoms with Crippen LogP contribution in [0.5, 0.6) is 5.75 Å². The predicted octanol–water partition coefficient (Wildman–Crippen LogP) is 2.18. The lowest BCUT2D eigenvalue weighted by Crippen LogP contribution is -2.84. The number of rotatable bonds is 6. The van der Waals surface area contributed by atoms with Gasteiger partial charge in [-0.15, -0.1) is 0 Å². The molecule has 2 amide bonds. The molecule has 3 aliphatic carbocycles. The van der Waals surface area contributed by atoms with Gasteiger partial charge in [0.15, 0.2) is 6.61 Å². The lowest BCUT2D eigenvalue weighted by Gasteiger charge is -2.70. The quantitative estimate of drug-likeness (QED) is 0.769. The molecular weight excluding hydrogens is 387 g/mol. The molecular formula is C19H18ClFN4O3. The molecule has 5 rings (SSSR count). The van der Waals surface area contributed by atoms with E-state index in [-0.39, 0.29) is 46.0 Å². The molecule has 28 heavy (non-hydrogen) atoms. The highest BCUT2D eigenvalue weighted by atomic mass is 35.5. The van der Waals surface area contributed by atoms with Crippen LogP contribution in [0.15, 0.2) is 30.6 Å². The summed E-state index contributed by atoms with van der Waals surface area (Å²) < 4.78 is 18.7. The molecule has 0 saturated heterocycles. The molecule has 3 fully saturated rings. The Balaban J connectivity index is 1.24. The van der Waals surface area contributed by atoms with E-state index < -0.39 is 5.82 Å². The SMILES string of the molecule is Cc1cncc(C(=O)NC23CC(NC(=O)COc4ccc(Cl)c(F)c4)(C2)C3)n1. The van der Waals surface area contributed by atoms with Crippen molar-refractivity contribution in [1.82, 2.24) is 20.6 Å². The van der Waals surface area contributed by atoms with Crippen LogP contribution in [0.3, 0.4) is 0 Å². The number of nitrogens with one attached hydrogen (secondary N) is 2. The van der Waals surface area contributed by atoms with E-state index in [2.05, 4.69) is 20.6 Å². The van der Waals surface area contributed by atoms with Gasteiger partial charge in [0, 0.05) is 23.3 Å². The number of hydrogen-bond acceptors (Lipinski definition) is 5. The Morgan fingerprint density at radius 3 is 2.61 bits per heavy atom. The number of aromatic nitrogens is 2. The van der Waals surface area contributed by atoms with Crippen LogP contribution in [0.4, 0.5) is 4.39 Å². The molecule has 146 valence electrons. The zero-order chi connectivity index (χ0) is 19.9. The van der Waals surface area contributed by atoms with E-state index in [4.69, 9.17) is 16.3 Å². The average Bonchev–Trinajstić information content (AvgIpc) is 2.59. The number of carbonyl (C=O) groups is 2. The van der Waals surface area contributed by atoms with Crippen molar-refractivity contribution in [3.63, 3.8) is 0 Å². The van der Waals surface area contributed by atoms with Gasteiger partial charge in [0.05, 0.1) is 16.9 Å². The number of aryl methyl sites for hydroxylation is 1. The zero-order valence-corrected chi connectivity index (χ0v) is 15.8. The topological polar surface area (TPSA) is 93.2 Å². The largest absolute Gasteiger partial charge is 0.484 e. The van der Waals surface area contributed by atoms with Gasteiger partial charge >= 0.3 is 0 Å². The molecule has 1 aromatic carbocycles. The van der Waals surface area contributed by atoms with Gasteiger partial charge in [-0.3, -0.25) is 14.6 Å². The highest BCUT2D eigenvalue weighted by Gasteiger charge is 2.69. The van der Waals surface area contributed by atoms with E-state index in [9.17, 15) is 14.0 Å². The number of nitrogens with zero attached hydrogens (tertiary/aromatic N) is 2. The lowest BCUT2D eigenvalue weighted by atomic mass is 9.44. The number of carbonyl (C=O) groups excluding carboxylic acids is 2. The second-order valence-electron chi connectivity index (χ2n) is 7.50. The molecule has 0 aliphatic heterocycles. The summed E-state index contributed by atoms with van der Waals surface area (Å²) in [4.78, 5) is 32.6. The fourth-order valence-electron chi connectivity index (χ4n) is 3.98. The predicted molar refractivity (Wildman–Crippen MR) is 98.6 cm³/mol. The first-order chi connectivity index (χ1) is 13.3. The normalized spacial score (nSPS) is 24.5. The third-order valence-corrected chi connectivity index (χ3v) is 5.37. The van der Waals surface area contributed by atoms with Gasteiger partial charge in [0.25, 0.3) is 11.8 Å². The molecule has 3 saturated carbocycles. The highest BCUT2D eigenvalue weighted by molar-refractivity contribution is 6.30. The van der Waals surface area contributed by atoms with Gasteiger partial charge in [-0.1, -0.05) is 11.6 Å². The minimum Gasteiger partial charge on any atom is -0.484 e. The Morgan fingerprint density at radius 1 is 1.21 bits per heavy atom.